The lowest BCUT2D eigenvalue weighted by atomic mass is 9.98. The van der Waals surface area contributed by atoms with Crippen molar-refractivity contribution in [3.8, 4) is 0 Å². The number of likely N-dealkylation sites (tertiary alicyclic amines) is 1. The summed E-state index contributed by atoms with van der Waals surface area (Å²) in [6.07, 6.45) is 1.44. The average Bonchev–Trinajstić information content (AvgIpc) is 2.30. The second-order valence-electron chi connectivity index (χ2n) is 4.61. The van der Waals surface area contributed by atoms with E-state index in [1.54, 1.807) is 0 Å². The summed E-state index contributed by atoms with van der Waals surface area (Å²) in [5.41, 5.74) is 7.04. The molecule has 0 saturated carbocycles. The van der Waals surface area contributed by atoms with Crippen LogP contribution < -0.4 is 5.73 Å². The third-order valence-electron chi connectivity index (χ3n) is 3.23. The molecule has 4 nitrogen and oxygen atoms in total. The SMILES string of the molecule is NC1CCC(C(=O)O)N(Cc2ccccc2)C1. The van der Waals surface area contributed by atoms with Crippen LogP contribution in [0.5, 0.6) is 0 Å². The van der Waals surface area contributed by atoms with E-state index >= 15 is 0 Å². The minimum Gasteiger partial charge on any atom is -0.480 e. The molecule has 17 heavy (non-hydrogen) atoms. The normalized spacial score (nSPS) is 25.7. The molecule has 1 aromatic carbocycles. The first kappa shape index (κ1) is 12.1. The van der Waals surface area contributed by atoms with Gasteiger partial charge in [0.2, 0.25) is 0 Å². The summed E-state index contributed by atoms with van der Waals surface area (Å²) < 4.78 is 0. The topological polar surface area (TPSA) is 66.6 Å². The number of nitrogens with zero attached hydrogens (tertiary/aromatic N) is 1. The van der Waals surface area contributed by atoms with Crippen LogP contribution in [0, 0.1) is 0 Å². The number of piperidine rings is 1. The predicted molar refractivity (Wildman–Crippen MR) is 65.5 cm³/mol. The molecule has 1 aliphatic rings. The van der Waals surface area contributed by atoms with Gasteiger partial charge in [-0.05, 0) is 18.4 Å². The molecule has 3 N–H and O–H groups in total. The Morgan fingerprint density at radius 3 is 2.71 bits per heavy atom. The Bertz CT molecular complexity index is 380. The Hall–Kier alpha value is -1.39. The number of nitrogens with two attached hydrogens (primary N) is 1. The van der Waals surface area contributed by atoms with Crippen LogP contribution in [0.4, 0.5) is 0 Å². The Morgan fingerprint density at radius 1 is 1.35 bits per heavy atom. The molecule has 1 saturated heterocycles. The quantitative estimate of drug-likeness (QED) is 0.820. The van der Waals surface area contributed by atoms with E-state index in [1.165, 1.54) is 0 Å². The highest BCUT2D eigenvalue weighted by molar-refractivity contribution is 5.73. The third-order valence-corrected chi connectivity index (χ3v) is 3.23. The van der Waals surface area contributed by atoms with Gasteiger partial charge in [0, 0.05) is 19.1 Å². The molecule has 1 heterocycles. The van der Waals surface area contributed by atoms with E-state index in [0.717, 1.165) is 12.0 Å². The monoisotopic (exact) mass is 234 g/mol. The summed E-state index contributed by atoms with van der Waals surface area (Å²) in [5.74, 6) is -0.743. The van der Waals surface area contributed by atoms with Crippen molar-refractivity contribution in [3.05, 3.63) is 35.9 Å². The molecule has 1 aliphatic heterocycles. The van der Waals surface area contributed by atoms with Crippen LogP contribution in [0.2, 0.25) is 0 Å². The lowest BCUT2D eigenvalue weighted by molar-refractivity contribution is -0.145. The number of carbonyl (C=O) groups is 1. The number of carboxylic acids is 1. The van der Waals surface area contributed by atoms with Crippen molar-refractivity contribution in [1.29, 1.82) is 0 Å². The van der Waals surface area contributed by atoms with Gasteiger partial charge in [-0.2, -0.15) is 0 Å². The standard InChI is InChI=1S/C13H18N2O2/c14-11-6-7-12(13(16)17)15(9-11)8-10-4-2-1-3-5-10/h1-5,11-12H,6-9,14H2,(H,16,17). The summed E-state index contributed by atoms with van der Waals surface area (Å²) in [4.78, 5) is 13.1. The van der Waals surface area contributed by atoms with Gasteiger partial charge in [-0.1, -0.05) is 30.3 Å². The second kappa shape index (κ2) is 5.29. The number of rotatable bonds is 3. The van der Waals surface area contributed by atoms with Crippen LogP contribution in [0.15, 0.2) is 30.3 Å². The van der Waals surface area contributed by atoms with Gasteiger partial charge < -0.3 is 10.8 Å². The Labute approximate surface area is 101 Å². The van der Waals surface area contributed by atoms with Crippen molar-refractivity contribution in [3.63, 3.8) is 0 Å². The second-order valence-corrected chi connectivity index (χ2v) is 4.61. The van der Waals surface area contributed by atoms with Gasteiger partial charge >= 0.3 is 5.97 Å². The van der Waals surface area contributed by atoms with E-state index in [9.17, 15) is 9.90 Å². The zero-order chi connectivity index (χ0) is 12.3. The molecule has 0 aliphatic carbocycles. The molecule has 0 amide bonds. The van der Waals surface area contributed by atoms with Gasteiger partial charge in [0.1, 0.15) is 6.04 Å². The maximum absolute atomic E-state index is 11.2. The predicted octanol–water partition coefficient (Wildman–Crippen LogP) is 1.06. The smallest absolute Gasteiger partial charge is 0.320 e. The summed E-state index contributed by atoms with van der Waals surface area (Å²) in [5, 5.41) is 9.19. The number of benzene rings is 1. The number of hydrogen-bond acceptors (Lipinski definition) is 3. The molecule has 2 unspecified atom stereocenters. The summed E-state index contributed by atoms with van der Waals surface area (Å²) in [6.45, 7) is 1.32. The van der Waals surface area contributed by atoms with Crippen molar-refractivity contribution in [2.75, 3.05) is 6.54 Å². The molecule has 0 spiro atoms. The highest BCUT2D eigenvalue weighted by Gasteiger charge is 2.31. The fourth-order valence-corrected chi connectivity index (χ4v) is 2.35. The van der Waals surface area contributed by atoms with Gasteiger partial charge in [-0.15, -0.1) is 0 Å². The molecule has 1 fully saturated rings. The van der Waals surface area contributed by atoms with E-state index < -0.39 is 12.0 Å². The molecule has 1 aromatic rings. The first-order chi connectivity index (χ1) is 8.16. The summed E-state index contributed by atoms with van der Waals surface area (Å²) in [7, 11) is 0. The summed E-state index contributed by atoms with van der Waals surface area (Å²) in [6, 6.07) is 9.62. The zero-order valence-electron chi connectivity index (χ0n) is 9.75. The molecular weight excluding hydrogens is 216 g/mol. The van der Waals surface area contributed by atoms with Crippen LogP contribution in [0.1, 0.15) is 18.4 Å². The first-order valence-corrected chi connectivity index (χ1v) is 5.93. The molecule has 4 heteroatoms. The van der Waals surface area contributed by atoms with E-state index in [4.69, 9.17) is 5.73 Å². The minimum atomic E-state index is -0.743. The van der Waals surface area contributed by atoms with Crippen molar-refractivity contribution >= 4 is 5.97 Å². The van der Waals surface area contributed by atoms with Crippen molar-refractivity contribution in [2.24, 2.45) is 5.73 Å². The van der Waals surface area contributed by atoms with E-state index in [1.807, 2.05) is 35.2 Å². The van der Waals surface area contributed by atoms with Crippen molar-refractivity contribution < 1.29 is 9.90 Å². The molecular formula is C13H18N2O2. The van der Waals surface area contributed by atoms with Crippen LogP contribution in [-0.4, -0.2) is 34.6 Å². The van der Waals surface area contributed by atoms with Crippen molar-refractivity contribution in [2.45, 2.75) is 31.5 Å². The Kier molecular flexibility index (Phi) is 3.76. The van der Waals surface area contributed by atoms with Gasteiger partial charge in [0.15, 0.2) is 0 Å². The molecule has 0 radical (unpaired) electrons. The van der Waals surface area contributed by atoms with Crippen LogP contribution in [0.3, 0.4) is 0 Å². The van der Waals surface area contributed by atoms with Crippen LogP contribution >= 0.6 is 0 Å². The van der Waals surface area contributed by atoms with Crippen LogP contribution in [-0.2, 0) is 11.3 Å². The fourth-order valence-electron chi connectivity index (χ4n) is 2.35. The van der Waals surface area contributed by atoms with E-state index in [2.05, 4.69) is 0 Å². The first-order valence-electron chi connectivity index (χ1n) is 5.93. The molecule has 92 valence electrons. The maximum Gasteiger partial charge on any atom is 0.320 e. The molecule has 0 aromatic heterocycles. The third kappa shape index (κ3) is 3.05. The Morgan fingerprint density at radius 2 is 2.06 bits per heavy atom. The minimum absolute atomic E-state index is 0.0920. The molecule has 2 rings (SSSR count). The van der Waals surface area contributed by atoms with E-state index in [0.29, 0.717) is 19.5 Å². The number of hydrogen-bond donors (Lipinski definition) is 2. The number of aliphatic carboxylic acids is 1. The lowest BCUT2D eigenvalue weighted by Crippen LogP contribution is -2.51. The van der Waals surface area contributed by atoms with E-state index in [-0.39, 0.29) is 6.04 Å². The fraction of sp³-hybridized carbons (Fsp3) is 0.462. The number of carboxylic acid groups (broad SMARTS) is 1. The highest BCUT2D eigenvalue weighted by Crippen LogP contribution is 2.19. The maximum atomic E-state index is 11.2. The molecule has 2 atom stereocenters. The Balaban J connectivity index is 2.08. The lowest BCUT2D eigenvalue weighted by Gasteiger charge is -2.36. The van der Waals surface area contributed by atoms with Gasteiger partial charge in [-0.25, -0.2) is 0 Å². The van der Waals surface area contributed by atoms with Gasteiger partial charge in [0.05, 0.1) is 0 Å². The average molecular weight is 234 g/mol. The summed E-state index contributed by atoms with van der Waals surface area (Å²) >= 11 is 0. The van der Waals surface area contributed by atoms with Crippen molar-refractivity contribution in [1.82, 2.24) is 4.90 Å². The largest absolute Gasteiger partial charge is 0.480 e. The zero-order valence-corrected chi connectivity index (χ0v) is 9.75. The van der Waals surface area contributed by atoms with Gasteiger partial charge in [-0.3, -0.25) is 9.69 Å². The van der Waals surface area contributed by atoms with Gasteiger partial charge in [0.25, 0.3) is 0 Å². The molecule has 0 bridgehead atoms. The highest BCUT2D eigenvalue weighted by atomic mass is 16.4. The van der Waals surface area contributed by atoms with Crippen LogP contribution in [0.25, 0.3) is 0 Å².